The Bertz CT molecular complexity index is 733. The summed E-state index contributed by atoms with van der Waals surface area (Å²) in [6, 6.07) is 8.18. The topological polar surface area (TPSA) is 53.0 Å². The molecule has 6 nitrogen and oxygen atoms in total. The molecule has 0 atom stereocenters. The van der Waals surface area contributed by atoms with Crippen molar-refractivity contribution in [2.24, 2.45) is 7.05 Å². The highest BCUT2D eigenvalue weighted by atomic mass is 15.3. The molecule has 114 valence electrons. The molecular formula is C16H20N6. The van der Waals surface area contributed by atoms with Gasteiger partial charge in [0.25, 0.3) is 0 Å². The van der Waals surface area contributed by atoms with Crippen LogP contribution in [-0.4, -0.2) is 50.6 Å². The number of hydrogen-bond acceptors (Lipinski definition) is 4. The van der Waals surface area contributed by atoms with Gasteiger partial charge in [0.2, 0.25) is 5.95 Å². The average molecular weight is 296 g/mol. The van der Waals surface area contributed by atoms with E-state index >= 15 is 0 Å². The van der Waals surface area contributed by atoms with Gasteiger partial charge in [-0.25, -0.2) is 9.97 Å². The van der Waals surface area contributed by atoms with Gasteiger partial charge in [-0.05, 0) is 12.1 Å². The number of piperazine rings is 1. The van der Waals surface area contributed by atoms with Gasteiger partial charge < -0.3 is 14.5 Å². The van der Waals surface area contributed by atoms with Gasteiger partial charge in [-0.15, -0.1) is 0 Å². The lowest BCUT2D eigenvalue weighted by atomic mass is 10.3. The Balaban J connectivity index is 1.42. The number of anilines is 1. The zero-order valence-corrected chi connectivity index (χ0v) is 12.7. The van der Waals surface area contributed by atoms with E-state index in [0.29, 0.717) is 0 Å². The molecule has 3 aromatic rings. The molecule has 0 saturated carbocycles. The average Bonchev–Trinajstić information content (AvgIpc) is 3.15. The summed E-state index contributed by atoms with van der Waals surface area (Å²) >= 11 is 0. The highest BCUT2D eigenvalue weighted by molar-refractivity contribution is 5.77. The molecule has 4 rings (SSSR count). The summed E-state index contributed by atoms with van der Waals surface area (Å²) in [5.74, 6) is 2.11. The second-order valence-corrected chi connectivity index (χ2v) is 5.80. The molecule has 1 saturated heterocycles. The molecule has 0 aliphatic carbocycles. The predicted octanol–water partition coefficient (Wildman–Crippen LogP) is 1.62. The van der Waals surface area contributed by atoms with Crippen molar-refractivity contribution < 1.29 is 0 Å². The van der Waals surface area contributed by atoms with Crippen LogP contribution in [0.3, 0.4) is 0 Å². The Labute approximate surface area is 129 Å². The Morgan fingerprint density at radius 2 is 1.95 bits per heavy atom. The van der Waals surface area contributed by atoms with E-state index in [0.717, 1.165) is 55.5 Å². The van der Waals surface area contributed by atoms with E-state index in [2.05, 4.69) is 35.4 Å². The Hall–Kier alpha value is -2.34. The predicted molar refractivity (Wildman–Crippen MR) is 86.8 cm³/mol. The third-order valence-corrected chi connectivity index (χ3v) is 4.33. The maximum atomic E-state index is 4.69. The van der Waals surface area contributed by atoms with Crippen LogP contribution in [-0.2, 0) is 13.6 Å². The lowest BCUT2D eigenvalue weighted by molar-refractivity contribution is 0.241. The van der Waals surface area contributed by atoms with Crippen molar-refractivity contribution in [3.63, 3.8) is 0 Å². The van der Waals surface area contributed by atoms with Crippen LogP contribution in [0.25, 0.3) is 11.0 Å². The fraction of sp³-hybridized carbons (Fsp3) is 0.375. The number of H-pyrrole nitrogens is 1. The van der Waals surface area contributed by atoms with Crippen molar-refractivity contribution in [2.45, 2.75) is 6.54 Å². The van der Waals surface area contributed by atoms with E-state index in [9.17, 15) is 0 Å². The lowest BCUT2D eigenvalue weighted by Crippen LogP contribution is -2.46. The molecule has 0 spiro atoms. The van der Waals surface area contributed by atoms with Gasteiger partial charge in [0.1, 0.15) is 5.82 Å². The van der Waals surface area contributed by atoms with Crippen molar-refractivity contribution in [1.29, 1.82) is 0 Å². The normalized spacial score (nSPS) is 16.5. The van der Waals surface area contributed by atoms with Crippen LogP contribution < -0.4 is 4.90 Å². The summed E-state index contributed by atoms with van der Waals surface area (Å²) in [7, 11) is 2.05. The zero-order chi connectivity index (χ0) is 14.9. The molecule has 6 heteroatoms. The van der Waals surface area contributed by atoms with Crippen LogP contribution in [0.4, 0.5) is 5.95 Å². The molecule has 3 heterocycles. The first-order valence-electron chi connectivity index (χ1n) is 7.68. The van der Waals surface area contributed by atoms with Gasteiger partial charge in [0.05, 0.1) is 17.6 Å². The van der Waals surface area contributed by atoms with Crippen molar-refractivity contribution in [3.05, 3.63) is 42.5 Å². The van der Waals surface area contributed by atoms with Crippen LogP contribution >= 0.6 is 0 Å². The first-order chi connectivity index (χ1) is 10.8. The Morgan fingerprint density at radius 3 is 2.68 bits per heavy atom. The second kappa shape index (κ2) is 5.46. The van der Waals surface area contributed by atoms with E-state index in [1.807, 2.05) is 37.6 Å². The molecule has 1 aliphatic rings. The number of para-hydroxylation sites is 2. The van der Waals surface area contributed by atoms with Crippen LogP contribution in [0.1, 0.15) is 5.82 Å². The third kappa shape index (κ3) is 2.46. The van der Waals surface area contributed by atoms with Crippen LogP contribution in [0, 0.1) is 0 Å². The molecule has 1 fully saturated rings. The number of nitrogens with one attached hydrogen (secondary N) is 1. The van der Waals surface area contributed by atoms with Gasteiger partial charge in [0.15, 0.2) is 0 Å². The van der Waals surface area contributed by atoms with Crippen molar-refractivity contribution in [3.8, 4) is 0 Å². The minimum Gasteiger partial charge on any atom is -0.340 e. The number of hydrogen-bond donors (Lipinski definition) is 1. The zero-order valence-electron chi connectivity index (χ0n) is 12.7. The minimum absolute atomic E-state index is 0.914. The number of imidazole rings is 2. The SMILES string of the molecule is Cn1ccnc1CN1CCN(c2nc3ccccc3[nH]2)CC1. The first kappa shape index (κ1) is 13.3. The third-order valence-electron chi connectivity index (χ3n) is 4.33. The van der Waals surface area contributed by atoms with Gasteiger partial charge in [-0.1, -0.05) is 12.1 Å². The molecule has 0 bridgehead atoms. The van der Waals surface area contributed by atoms with Crippen LogP contribution in [0.15, 0.2) is 36.7 Å². The minimum atomic E-state index is 0.914. The standard InChI is InChI=1S/C16H20N6/c1-20-7-6-17-15(20)12-21-8-10-22(11-9-21)16-18-13-4-2-3-5-14(13)19-16/h2-7H,8-12H2,1H3,(H,18,19). The van der Waals surface area contributed by atoms with Crippen LogP contribution in [0.5, 0.6) is 0 Å². The number of aryl methyl sites for hydroxylation is 1. The number of rotatable bonds is 3. The fourth-order valence-electron chi connectivity index (χ4n) is 2.96. The largest absolute Gasteiger partial charge is 0.340 e. The smallest absolute Gasteiger partial charge is 0.203 e. The van der Waals surface area contributed by atoms with Gasteiger partial charge in [-0.2, -0.15) is 0 Å². The number of aromatic nitrogens is 4. The number of nitrogens with zero attached hydrogens (tertiary/aromatic N) is 5. The molecule has 1 N–H and O–H groups in total. The lowest BCUT2D eigenvalue weighted by Gasteiger charge is -2.34. The van der Waals surface area contributed by atoms with Gasteiger partial charge in [-0.3, -0.25) is 4.90 Å². The molecule has 2 aromatic heterocycles. The van der Waals surface area contributed by atoms with Crippen LogP contribution in [0.2, 0.25) is 0 Å². The molecule has 22 heavy (non-hydrogen) atoms. The van der Waals surface area contributed by atoms with Crippen molar-refractivity contribution in [2.75, 3.05) is 31.1 Å². The van der Waals surface area contributed by atoms with Gasteiger partial charge >= 0.3 is 0 Å². The highest BCUT2D eigenvalue weighted by Gasteiger charge is 2.20. The van der Waals surface area contributed by atoms with E-state index in [1.165, 1.54) is 0 Å². The summed E-state index contributed by atoms with van der Waals surface area (Å²) < 4.78 is 2.09. The molecule has 0 amide bonds. The first-order valence-corrected chi connectivity index (χ1v) is 7.68. The summed E-state index contributed by atoms with van der Waals surface area (Å²) in [5, 5.41) is 0. The molecule has 1 aliphatic heterocycles. The molecule has 1 aromatic carbocycles. The summed E-state index contributed by atoms with van der Waals surface area (Å²) in [5.41, 5.74) is 2.14. The molecular weight excluding hydrogens is 276 g/mol. The second-order valence-electron chi connectivity index (χ2n) is 5.80. The summed E-state index contributed by atoms with van der Waals surface area (Å²) in [4.78, 5) is 17.3. The molecule has 0 radical (unpaired) electrons. The summed E-state index contributed by atoms with van der Waals surface area (Å²) in [6.45, 7) is 4.96. The quantitative estimate of drug-likeness (QED) is 0.798. The van der Waals surface area contributed by atoms with E-state index < -0.39 is 0 Å². The monoisotopic (exact) mass is 296 g/mol. The van der Waals surface area contributed by atoms with E-state index in [1.54, 1.807) is 0 Å². The van der Waals surface area contributed by atoms with Crippen molar-refractivity contribution >= 4 is 17.0 Å². The highest BCUT2D eigenvalue weighted by Crippen LogP contribution is 2.18. The van der Waals surface area contributed by atoms with Crippen molar-refractivity contribution in [1.82, 2.24) is 24.4 Å². The van der Waals surface area contributed by atoms with Gasteiger partial charge in [0, 0.05) is 45.6 Å². The Kier molecular flexibility index (Phi) is 3.31. The Morgan fingerprint density at radius 1 is 1.14 bits per heavy atom. The number of fused-ring (bicyclic) bond motifs is 1. The molecule has 0 unspecified atom stereocenters. The fourth-order valence-corrected chi connectivity index (χ4v) is 2.96. The maximum Gasteiger partial charge on any atom is 0.203 e. The van der Waals surface area contributed by atoms with E-state index in [-0.39, 0.29) is 0 Å². The van der Waals surface area contributed by atoms with E-state index in [4.69, 9.17) is 0 Å². The maximum absolute atomic E-state index is 4.69. The number of aromatic amines is 1. The number of benzene rings is 1. The summed E-state index contributed by atoms with van der Waals surface area (Å²) in [6.07, 6.45) is 3.86.